The zero-order valence-electron chi connectivity index (χ0n) is 48.3. The van der Waals surface area contributed by atoms with E-state index >= 15 is 0 Å². The van der Waals surface area contributed by atoms with Crippen molar-refractivity contribution in [3.05, 3.63) is 340 Å². The maximum atomic E-state index is 2.61. The Hall–Kier alpha value is -11.5. The number of aromatic nitrogens is 1. The van der Waals surface area contributed by atoms with E-state index in [4.69, 9.17) is 0 Å². The van der Waals surface area contributed by atoms with E-state index in [1.807, 2.05) is 0 Å². The maximum absolute atomic E-state index is 2.61. The normalized spacial score (nSPS) is 12.2. The highest BCUT2D eigenvalue weighted by atomic mass is 15.2. The Kier molecular flexibility index (Phi) is 12.3. The molecule has 88 heavy (non-hydrogen) atoms. The van der Waals surface area contributed by atoms with Gasteiger partial charge >= 0.3 is 0 Å². The zero-order chi connectivity index (χ0) is 58.1. The summed E-state index contributed by atoms with van der Waals surface area (Å²) < 4.78 is 2.48. The van der Waals surface area contributed by atoms with Crippen molar-refractivity contribution in [2.24, 2.45) is 0 Å². The van der Waals surface area contributed by atoms with Crippen LogP contribution in [0.25, 0.3) is 105 Å². The second-order valence-electron chi connectivity index (χ2n) is 23.2. The molecule has 0 saturated heterocycles. The fraction of sp³-hybridized carbons (Fsp3) is 0. The third-order valence-corrected chi connectivity index (χ3v) is 18.1. The number of anilines is 6. The molecule has 3 nitrogen and oxygen atoms in total. The molecule has 0 saturated carbocycles. The first-order chi connectivity index (χ1) is 43.7. The smallest absolute Gasteiger partial charge is 0.252 e. The zero-order valence-corrected chi connectivity index (χ0v) is 48.3. The average Bonchev–Trinajstić information content (AvgIpc) is 0.841. The van der Waals surface area contributed by atoms with Gasteiger partial charge in [-0.25, -0.2) is 0 Å². The molecule has 0 fully saturated rings. The molecule has 410 valence electrons. The predicted octanol–water partition coefficient (Wildman–Crippen LogP) is 20.5. The highest BCUT2D eigenvalue weighted by Gasteiger charge is 2.44. The monoisotopic (exact) mass is 1120 g/mol. The molecule has 14 aromatic carbocycles. The van der Waals surface area contributed by atoms with Crippen LogP contribution >= 0.6 is 0 Å². The summed E-state index contributed by atoms with van der Waals surface area (Å²) in [7, 11) is 0. The standard InChI is InChI=1S/C84H56BN3/c1-7-26-57(27-8-1)63-48-64(58-28-9-2-10-29-58)51-69(50-63)87-79-45-24-21-42-75(79)85-76-56-68(86-77-43-22-19-38-73(77)74-39-20-23-44-78(74)86)46-47-80(76)88(70-52-65(59-30-11-3-12-31-59)49-66(53-70)60-32-13-4-14-33-60)82-55-67(54-81(87)84(82)85)83-71(61-34-15-5-16-35-61)40-25-41-72(83)62-36-17-6-18-37-62/h1-56H. The largest absolute Gasteiger partial charge is 0.311 e. The van der Waals surface area contributed by atoms with Gasteiger partial charge in [-0.2, -0.15) is 0 Å². The first-order valence-electron chi connectivity index (χ1n) is 30.4. The molecule has 2 aliphatic heterocycles. The summed E-state index contributed by atoms with van der Waals surface area (Å²) in [5, 5.41) is 2.47. The van der Waals surface area contributed by atoms with Crippen molar-refractivity contribution in [3.63, 3.8) is 0 Å². The first kappa shape index (κ1) is 51.0. The maximum Gasteiger partial charge on any atom is 0.252 e. The molecule has 0 radical (unpaired) electrons. The lowest BCUT2D eigenvalue weighted by atomic mass is 9.33. The summed E-state index contributed by atoms with van der Waals surface area (Å²) in [6, 6.07) is 126. The van der Waals surface area contributed by atoms with E-state index in [0.717, 1.165) is 101 Å². The van der Waals surface area contributed by atoms with Gasteiger partial charge in [0.1, 0.15) is 0 Å². The molecule has 0 unspecified atom stereocenters. The Labute approximate surface area is 513 Å². The Morgan fingerprint density at radius 3 is 1.03 bits per heavy atom. The van der Waals surface area contributed by atoms with Gasteiger partial charge in [-0.15, -0.1) is 0 Å². The fourth-order valence-corrected chi connectivity index (χ4v) is 14.2. The summed E-state index contributed by atoms with van der Waals surface area (Å²) >= 11 is 0. The Bertz CT molecular complexity index is 4900. The van der Waals surface area contributed by atoms with Crippen molar-refractivity contribution >= 4 is 79.0 Å². The van der Waals surface area contributed by atoms with Gasteiger partial charge < -0.3 is 14.4 Å². The van der Waals surface area contributed by atoms with Crippen molar-refractivity contribution in [3.8, 4) is 83.6 Å². The predicted molar refractivity (Wildman–Crippen MR) is 373 cm³/mol. The van der Waals surface area contributed by atoms with Crippen LogP contribution < -0.4 is 26.2 Å². The van der Waals surface area contributed by atoms with Crippen molar-refractivity contribution in [1.82, 2.24) is 4.57 Å². The van der Waals surface area contributed by atoms with E-state index in [2.05, 4.69) is 354 Å². The molecule has 0 amide bonds. The average molecular weight is 1120 g/mol. The summed E-state index contributed by atoms with van der Waals surface area (Å²) in [6.45, 7) is -0.180. The lowest BCUT2D eigenvalue weighted by Crippen LogP contribution is -2.61. The van der Waals surface area contributed by atoms with E-state index in [9.17, 15) is 0 Å². The van der Waals surface area contributed by atoms with E-state index in [-0.39, 0.29) is 6.71 Å². The Morgan fingerprint density at radius 2 is 0.591 bits per heavy atom. The Morgan fingerprint density at radius 1 is 0.216 bits per heavy atom. The van der Waals surface area contributed by atoms with Gasteiger partial charge in [0.05, 0.1) is 11.0 Å². The van der Waals surface area contributed by atoms with Gasteiger partial charge in [0.25, 0.3) is 6.71 Å². The van der Waals surface area contributed by atoms with Crippen molar-refractivity contribution < 1.29 is 0 Å². The summed E-state index contributed by atoms with van der Waals surface area (Å²) in [4.78, 5) is 5.20. The molecule has 3 heterocycles. The lowest BCUT2D eigenvalue weighted by Gasteiger charge is -2.45. The molecule has 0 atom stereocenters. The van der Waals surface area contributed by atoms with Crippen LogP contribution in [0.4, 0.5) is 34.1 Å². The van der Waals surface area contributed by atoms with Crippen LogP contribution in [0.2, 0.25) is 0 Å². The number of benzene rings is 14. The number of para-hydroxylation sites is 3. The molecule has 0 spiro atoms. The molecule has 0 aliphatic carbocycles. The van der Waals surface area contributed by atoms with Crippen LogP contribution in [0.1, 0.15) is 0 Å². The Balaban J connectivity index is 1.03. The summed E-state index contributed by atoms with van der Waals surface area (Å²) in [5.74, 6) is 0. The number of fused-ring (bicyclic) bond motifs is 7. The van der Waals surface area contributed by atoms with Crippen LogP contribution in [0.5, 0.6) is 0 Å². The van der Waals surface area contributed by atoms with E-state index < -0.39 is 0 Å². The quantitative estimate of drug-likeness (QED) is 0.126. The number of rotatable bonds is 10. The molecule has 0 N–H and O–H groups in total. The minimum absolute atomic E-state index is 0.180. The molecule has 4 heteroatoms. The fourth-order valence-electron chi connectivity index (χ4n) is 14.2. The van der Waals surface area contributed by atoms with Crippen LogP contribution in [0.3, 0.4) is 0 Å². The van der Waals surface area contributed by atoms with Gasteiger partial charge in [-0.05, 0) is 179 Å². The molecule has 17 rings (SSSR count). The van der Waals surface area contributed by atoms with Crippen molar-refractivity contribution in [2.45, 2.75) is 0 Å². The van der Waals surface area contributed by atoms with Crippen LogP contribution in [-0.4, -0.2) is 11.3 Å². The van der Waals surface area contributed by atoms with Gasteiger partial charge in [-0.1, -0.05) is 255 Å². The second-order valence-corrected chi connectivity index (χ2v) is 23.2. The topological polar surface area (TPSA) is 11.4 Å². The third kappa shape index (κ3) is 8.60. The number of nitrogens with zero attached hydrogens (tertiary/aromatic N) is 3. The van der Waals surface area contributed by atoms with Crippen LogP contribution in [0.15, 0.2) is 340 Å². The van der Waals surface area contributed by atoms with E-state index in [1.54, 1.807) is 0 Å². The van der Waals surface area contributed by atoms with E-state index in [1.165, 1.54) is 54.9 Å². The highest BCUT2D eigenvalue weighted by molar-refractivity contribution is 7.00. The molecular weight excluding hydrogens is 1060 g/mol. The number of hydrogen-bond donors (Lipinski definition) is 0. The SMILES string of the molecule is c1ccc(-c2cc(-c3ccccc3)cc(N3c4ccccc4B4c5cc(-n6c7ccccc7c7ccccc76)ccc5N(c5cc(-c6ccccc6)cc(-c6ccccc6)c5)c5cc(-c6c(-c7ccccc7)cccc6-c6ccccc6)cc3c54)c2)cc1. The molecule has 1 aromatic heterocycles. The van der Waals surface area contributed by atoms with Gasteiger partial charge in [0, 0.05) is 50.6 Å². The highest BCUT2D eigenvalue weighted by Crippen LogP contribution is 2.51. The first-order valence-corrected chi connectivity index (χ1v) is 30.4. The molecule has 15 aromatic rings. The van der Waals surface area contributed by atoms with Crippen molar-refractivity contribution in [2.75, 3.05) is 9.80 Å². The summed E-state index contributed by atoms with van der Waals surface area (Å²) in [5.41, 5.74) is 30.1. The van der Waals surface area contributed by atoms with Gasteiger partial charge in [0.15, 0.2) is 0 Å². The van der Waals surface area contributed by atoms with Gasteiger partial charge in [-0.3, -0.25) is 0 Å². The number of hydrogen-bond acceptors (Lipinski definition) is 2. The van der Waals surface area contributed by atoms with Crippen LogP contribution in [-0.2, 0) is 0 Å². The van der Waals surface area contributed by atoms with Crippen LogP contribution in [0, 0.1) is 0 Å². The second kappa shape index (κ2) is 21.3. The van der Waals surface area contributed by atoms with E-state index in [0.29, 0.717) is 0 Å². The van der Waals surface area contributed by atoms with Gasteiger partial charge in [0.2, 0.25) is 0 Å². The molecule has 2 aliphatic rings. The minimum atomic E-state index is -0.180. The molecular formula is C84H56BN3. The molecule has 0 bridgehead atoms. The summed E-state index contributed by atoms with van der Waals surface area (Å²) in [6.07, 6.45) is 0. The third-order valence-electron chi connectivity index (χ3n) is 18.1. The minimum Gasteiger partial charge on any atom is -0.311 e. The lowest BCUT2D eigenvalue weighted by molar-refractivity contribution is 1.18. The van der Waals surface area contributed by atoms with Crippen molar-refractivity contribution in [1.29, 1.82) is 0 Å².